The van der Waals surface area contributed by atoms with Gasteiger partial charge in [0.1, 0.15) is 6.42 Å². The van der Waals surface area contributed by atoms with Crippen molar-refractivity contribution in [3.8, 4) is 0 Å². The van der Waals surface area contributed by atoms with E-state index in [2.05, 4.69) is 116 Å². The van der Waals surface area contributed by atoms with Gasteiger partial charge >= 0.3 is 18.9 Å². The number of rotatable bonds is 3. The van der Waals surface area contributed by atoms with E-state index in [0.717, 1.165) is 0 Å². The Morgan fingerprint density at radius 3 is 1.23 bits per heavy atom. The average Bonchev–Trinajstić information content (AvgIpc) is 2.93. The Bertz CT molecular complexity index is 972. The van der Waals surface area contributed by atoms with E-state index in [0.29, 0.717) is 0 Å². The first-order valence-electron chi connectivity index (χ1n) is 10.8. The van der Waals surface area contributed by atoms with Gasteiger partial charge in [0.2, 0.25) is 0 Å². The topological polar surface area (TPSA) is 0 Å². The van der Waals surface area contributed by atoms with E-state index in [-0.39, 0.29) is 28.9 Å². The van der Waals surface area contributed by atoms with Crippen LogP contribution in [0.3, 0.4) is 0 Å². The van der Waals surface area contributed by atoms with Crippen molar-refractivity contribution in [1.29, 1.82) is 0 Å². The molecular formula is C25H38ClLiSi3. The molecule has 0 unspecified atom stereocenters. The van der Waals surface area contributed by atoms with Crippen LogP contribution in [0.4, 0.5) is 0 Å². The van der Waals surface area contributed by atoms with Gasteiger partial charge < -0.3 is 0 Å². The van der Waals surface area contributed by atoms with Crippen molar-refractivity contribution in [1.82, 2.24) is 0 Å². The first kappa shape index (κ1) is 26.1. The molecule has 0 radical (unpaired) electrons. The predicted octanol–water partition coefficient (Wildman–Crippen LogP) is 5.28. The Balaban J connectivity index is 0.00000320. The molecule has 158 valence electrons. The molecule has 0 aromatic heterocycles. The molecular weight excluding hydrogens is 427 g/mol. The summed E-state index contributed by atoms with van der Waals surface area (Å²) in [7, 11) is -3.75. The molecule has 0 fully saturated rings. The van der Waals surface area contributed by atoms with Crippen molar-refractivity contribution in [3.63, 3.8) is 0 Å². The van der Waals surface area contributed by atoms with Crippen LogP contribution in [-0.2, 0) is 0 Å². The minimum atomic E-state index is -2.38. The molecule has 0 N–H and O–H groups in total. The van der Waals surface area contributed by atoms with Crippen LogP contribution in [0.25, 0.3) is 21.5 Å². The average molecular weight is 465 g/mol. The molecule has 3 aromatic carbocycles. The van der Waals surface area contributed by atoms with Gasteiger partial charge in [-0.3, -0.25) is 0 Å². The first-order valence-corrected chi connectivity index (χ1v) is 21.9. The molecule has 5 heteroatoms. The molecule has 0 aliphatic heterocycles. The zero-order chi connectivity index (χ0) is 22.0. The van der Waals surface area contributed by atoms with Crippen molar-refractivity contribution >= 4 is 59.4 Å². The molecule has 30 heavy (non-hydrogen) atoms. The third-order valence-corrected chi connectivity index (χ3v) is 57.3. The van der Waals surface area contributed by atoms with E-state index in [1.54, 1.807) is 5.19 Å². The maximum absolute atomic E-state index is 8.38. The van der Waals surface area contributed by atoms with Gasteiger partial charge in [-0.05, 0) is 10.1 Å². The summed E-state index contributed by atoms with van der Waals surface area (Å²) >= 11 is 8.38. The Hall–Kier alpha value is -0.152. The SMILES string of the molecule is CC(C)(C)[Si](C)(C)[Si](Cl)([c-]1c2ccccc2c2ccccc21)[Si](C)(C)C(C)(C)C.[Li+]. The monoisotopic (exact) mass is 464 g/mol. The van der Waals surface area contributed by atoms with Crippen LogP contribution in [0, 0.1) is 0 Å². The molecule has 0 saturated carbocycles. The van der Waals surface area contributed by atoms with E-state index < -0.39 is 21.6 Å². The molecule has 3 aromatic rings. The minimum absolute atomic E-state index is 0. The van der Waals surface area contributed by atoms with Crippen LogP contribution in [-0.4, -0.2) is 21.6 Å². The number of hydrogen-bond donors (Lipinski definition) is 0. The van der Waals surface area contributed by atoms with Crippen molar-refractivity contribution in [2.75, 3.05) is 0 Å². The maximum Gasteiger partial charge on any atom is 1.00 e. The molecule has 0 bridgehead atoms. The van der Waals surface area contributed by atoms with Crippen LogP contribution in [0.5, 0.6) is 0 Å². The van der Waals surface area contributed by atoms with Gasteiger partial charge in [-0.1, -0.05) is 104 Å². The Morgan fingerprint density at radius 2 is 0.933 bits per heavy atom. The van der Waals surface area contributed by atoms with Crippen molar-refractivity contribution in [2.24, 2.45) is 0 Å². The van der Waals surface area contributed by atoms with Crippen LogP contribution >= 0.6 is 11.1 Å². The molecule has 0 aliphatic carbocycles. The predicted molar refractivity (Wildman–Crippen MR) is 143 cm³/mol. The smallest absolute Gasteiger partial charge is 0.178 e. The summed E-state index contributed by atoms with van der Waals surface area (Å²) in [5, 5.41) is 7.66. The molecule has 0 amide bonds. The summed E-state index contributed by atoms with van der Waals surface area (Å²) in [6.07, 6.45) is -2.38. The second kappa shape index (κ2) is 8.01. The normalized spacial score (nSPS) is 14.2. The van der Waals surface area contributed by atoms with Gasteiger partial charge in [-0.2, -0.15) is 11.1 Å². The zero-order valence-electron chi connectivity index (χ0n) is 21.0. The summed E-state index contributed by atoms with van der Waals surface area (Å²) in [6, 6.07) is 18.0. The fourth-order valence-corrected chi connectivity index (χ4v) is 53.7. The summed E-state index contributed by atoms with van der Waals surface area (Å²) in [4.78, 5) is 0. The van der Waals surface area contributed by atoms with Crippen LogP contribution < -0.4 is 24.0 Å². The van der Waals surface area contributed by atoms with Gasteiger partial charge in [-0.15, -0.1) is 38.9 Å². The van der Waals surface area contributed by atoms with Gasteiger partial charge in [0.05, 0.1) is 15.2 Å². The summed E-state index contributed by atoms with van der Waals surface area (Å²) in [6.45, 7) is 25.1. The van der Waals surface area contributed by atoms with Gasteiger partial charge in [0, 0.05) is 0 Å². The van der Waals surface area contributed by atoms with Crippen molar-refractivity contribution in [3.05, 3.63) is 48.5 Å². The standard InChI is InChI=1S/C25H38ClSi3.Li/c1-24(2,3)27(7,8)29(26,28(9,10)25(4,5)6)23-21-17-13-11-15-19(21)20-16-12-14-18-22(20)23;/h11-18H,1-10H3;/q-1;+1. The van der Waals surface area contributed by atoms with E-state index in [4.69, 9.17) is 11.1 Å². The van der Waals surface area contributed by atoms with E-state index in [9.17, 15) is 0 Å². The van der Waals surface area contributed by atoms with Crippen LogP contribution in [0.15, 0.2) is 48.5 Å². The largest absolute Gasteiger partial charge is 1.00 e. The van der Waals surface area contributed by atoms with E-state index >= 15 is 0 Å². The third-order valence-electron chi connectivity index (χ3n) is 8.50. The molecule has 0 atom stereocenters. The summed E-state index contributed by atoms with van der Waals surface area (Å²) < 4.78 is 0. The molecule has 0 heterocycles. The van der Waals surface area contributed by atoms with E-state index in [1.807, 2.05) is 0 Å². The van der Waals surface area contributed by atoms with Gasteiger partial charge in [0.25, 0.3) is 0 Å². The number of halogens is 1. The number of fused-ring (bicyclic) bond motifs is 3. The van der Waals surface area contributed by atoms with Crippen LogP contribution in [0.2, 0.25) is 36.3 Å². The van der Waals surface area contributed by atoms with E-state index in [1.165, 1.54) is 21.5 Å². The Morgan fingerprint density at radius 1 is 0.633 bits per heavy atom. The second-order valence-electron chi connectivity index (χ2n) is 11.9. The van der Waals surface area contributed by atoms with Crippen molar-refractivity contribution < 1.29 is 18.9 Å². The minimum Gasteiger partial charge on any atom is -0.178 e. The molecule has 0 saturated heterocycles. The molecule has 3 rings (SSSR count). The van der Waals surface area contributed by atoms with Crippen molar-refractivity contribution in [2.45, 2.75) is 77.8 Å². The van der Waals surface area contributed by atoms with Gasteiger partial charge in [0.15, 0.2) is 0 Å². The summed E-state index contributed by atoms with van der Waals surface area (Å²) in [5.41, 5.74) is 0. The quantitative estimate of drug-likeness (QED) is 0.281. The number of hydrogen-bond acceptors (Lipinski definition) is 0. The fourth-order valence-electron chi connectivity index (χ4n) is 4.83. The summed E-state index contributed by atoms with van der Waals surface area (Å²) in [5.74, 6) is 0. The second-order valence-corrected chi connectivity index (χ2v) is 40.3. The zero-order valence-corrected chi connectivity index (χ0v) is 24.8. The first-order chi connectivity index (χ1) is 13.1. The molecule has 0 spiro atoms. The Labute approximate surface area is 203 Å². The number of benzene rings is 2. The third kappa shape index (κ3) is 3.49. The van der Waals surface area contributed by atoms with Gasteiger partial charge in [-0.25, -0.2) is 0 Å². The maximum atomic E-state index is 8.38. The fraction of sp³-hybridized carbons (Fsp3) is 0.480. The Kier molecular flexibility index (Phi) is 6.97. The molecule has 0 aliphatic rings. The molecule has 0 nitrogen and oxygen atoms in total. The van der Waals surface area contributed by atoms with Crippen LogP contribution in [0.1, 0.15) is 41.5 Å².